The third-order valence-corrected chi connectivity index (χ3v) is 11.7. The third-order valence-electron chi connectivity index (χ3n) is 10.2. The van der Waals surface area contributed by atoms with Gasteiger partial charge in [-0.1, -0.05) is 6.92 Å². The van der Waals surface area contributed by atoms with Gasteiger partial charge in [-0.05, 0) is 55.8 Å². The highest BCUT2D eigenvalue weighted by atomic mass is 32.2. The molecule has 3 saturated heterocycles. The predicted molar refractivity (Wildman–Crippen MR) is 189 cm³/mol. The molecule has 53 heavy (non-hydrogen) atoms. The number of hydrogen-bond acceptors (Lipinski definition) is 13. The first-order valence-electron chi connectivity index (χ1n) is 17.2. The van der Waals surface area contributed by atoms with E-state index in [1.807, 2.05) is 14.0 Å². The van der Waals surface area contributed by atoms with Gasteiger partial charge in [0.15, 0.2) is 0 Å². The Labute approximate surface area is 308 Å². The van der Waals surface area contributed by atoms with Gasteiger partial charge >= 0.3 is 12.1 Å². The lowest BCUT2D eigenvalue weighted by Gasteiger charge is -2.46. The number of nitro benzene ring substituents is 2. The van der Waals surface area contributed by atoms with Crippen LogP contribution in [-0.2, 0) is 37.1 Å². The minimum absolute atomic E-state index is 0.0393. The molecule has 17 nitrogen and oxygen atoms in total. The van der Waals surface area contributed by atoms with Crippen LogP contribution in [0.5, 0.6) is 0 Å². The fourth-order valence-electron chi connectivity index (χ4n) is 7.28. The highest BCUT2D eigenvalue weighted by Gasteiger charge is 2.60. The maximum Gasteiger partial charge on any atom is 0.410 e. The number of benzene rings is 2. The zero-order valence-corrected chi connectivity index (χ0v) is 30.2. The Morgan fingerprint density at radius 3 is 2.00 bits per heavy atom. The molecular formula is C35H40N6O11S. The first-order valence-corrected chi connectivity index (χ1v) is 18.1. The average Bonchev–Trinajstić information content (AvgIpc) is 3.66. The molecule has 4 heterocycles. The molecule has 1 N–H and O–H groups in total. The van der Waals surface area contributed by atoms with Gasteiger partial charge in [-0.3, -0.25) is 34.7 Å². The van der Waals surface area contributed by atoms with Gasteiger partial charge in [-0.15, -0.1) is 11.8 Å². The number of esters is 1. The van der Waals surface area contributed by atoms with E-state index in [0.29, 0.717) is 42.2 Å². The van der Waals surface area contributed by atoms with Gasteiger partial charge in [0.1, 0.15) is 25.0 Å². The van der Waals surface area contributed by atoms with Gasteiger partial charge in [0.25, 0.3) is 11.4 Å². The van der Waals surface area contributed by atoms with Crippen molar-refractivity contribution in [3.8, 4) is 0 Å². The first kappa shape index (κ1) is 37.7. The summed E-state index contributed by atoms with van der Waals surface area (Å²) >= 11 is 1.29. The van der Waals surface area contributed by atoms with Crippen LogP contribution in [0.25, 0.3) is 0 Å². The van der Waals surface area contributed by atoms with Crippen molar-refractivity contribution in [2.24, 2.45) is 11.8 Å². The minimum Gasteiger partial charge on any atom is -0.456 e. The number of likely N-dealkylation sites (N-methyl/N-ethyl adjacent to an activating group) is 1. The Morgan fingerprint density at radius 2 is 1.47 bits per heavy atom. The van der Waals surface area contributed by atoms with Crippen LogP contribution >= 0.6 is 11.8 Å². The molecule has 0 bridgehead atoms. The Bertz CT molecular complexity index is 1810. The molecule has 2 aromatic carbocycles. The van der Waals surface area contributed by atoms with E-state index in [1.165, 1.54) is 77.0 Å². The molecule has 6 atom stereocenters. The second-order valence-corrected chi connectivity index (χ2v) is 15.1. The number of carbonyl (C=O) groups is 4. The lowest BCUT2D eigenvalue weighted by molar-refractivity contribution is -0.385. The summed E-state index contributed by atoms with van der Waals surface area (Å²) in [6.07, 6.45) is -1.46. The van der Waals surface area contributed by atoms with Crippen LogP contribution in [0, 0.1) is 32.1 Å². The van der Waals surface area contributed by atoms with Crippen molar-refractivity contribution in [3.63, 3.8) is 0 Å². The smallest absolute Gasteiger partial charge is 0.410 e. The zero-order chi connectivity index (χ0) is 38.1. The van der Waals surface area contributed by atoms with E-state index in [1.54, 1.807) is 4.90 Å². The fourth-order valence-corrected chi connectivity index (χ4v) is 8.80. The number of aliphatic hydroxyl groups is 1. The van der Waals surface area contributed by atoms with Crippen LogP contribution in [0.4, 0.5) is 16.2 Å². The molecule has 0 saturated carbocycles. The highest BCUT2D eigenvalue weighted by molar-refractivity contribution is 8.03. The molecule has 0 aromatic heterocycles. The van der Waals surface area contributed by atoms with Crippen molar-refractivity contribution in [2.75, 3.05) is 39.8 Å². The number of ether oxygens (including phenoxy) is 2. The summed E-state index contributed by atoms with van der Waals surface area (Å²) in [5.41, 5.74) is 0.849. The number of thioether (sulfide) groups is 1. The Hall–Kier alpha value is -5.07. The summed E-state index contributed by atoms with van der Waals surface area (Å²) in [6.45, 7) is 5.41. The van der Waals surface area contributed by atoms with Gasteiger partial charge in [0, 0.05) is 73.1 Å². The number of non-ortho nitro benzene ring substituents is 2. The molecule has 1 unspecified atom stereocenters. The highest BCUT2D eigenvalue weighted by Crippen LogP contribution is 2.52. The van der Waals surface area contributed by atoms with Crippen molar-refractivity contribution in [1.82, 2.24) is 19.6 Å². The molecule has 4 aliphatic heterocycles. The number of aliphatic hydroxyl groups excluding tert-OH is 1. The van der Waals surface area contributed by atoms with Gasteiger partial charge in [-0.25, -0.2) is 9.59 Å². The van der Waals surface area contributed by atoms with E-state index in [0.717, 1.165) is 0 Å². The number of β-lactam (4-membered cyclic amide) rings is 1. The molecule has 3 amide bonds. The summed E-state index contributed by atoms with van der Waals surface area (Å²) in [7, 11) is 1.97. The molecule has 0 radical (unpaired) electrons. The van der Waals surface area contributed by atoms with Gasteiger partial charge in [0.2, 0.25) is 11.8 Å². The minimum atomic E-state index is -0.967. The van der Waals surface area contributed by atoms with Crippen LogP contribution in [0.2, 0.25) is 0 Å². The molecule has 0 aliphatic carbocycles. The maximum atomic E-state index is 14.0. The number of nitro groups is 2. The number of rotatable bonds is 11. The topological polar surface area (TPSA) is 206 Å². The second kappa shape index (κ2) is 15.5. The molecule has 0 spiro atoms. The number of fused-ring (bicyclic) bond motifs is 1. The largest absolute Gasteiger partial charge is 0.456 e. The lowest BCUT2D eigenvalue weighted by Crippen LogP contribution is -2.63. The number of piperazine rings is 1. The van der Waals surface area contributed by atoms with E-state index in [9.17, 15) is 44.5 Å². The monoisotopic (exact) mass is 752 g/mol. The van der Waals surface area contributed by atoms with Gasteiger partial charge in [-0.2, -0.15) is 0 Å². The van der Waals surface area contributed by atoms with Crippen LogP contribution in [0.3, 0.4) is 0 Å². The Kier molecular flexibility index (Phi) is 11.0. The van der Waals surface area contributed by atoms with Crippen molar-refractivity contribution in [2.45, 2.75) is 56.9 Å². The summed E-state index contributed by atoms with van der Waals surface area (Å²) in [5.74, 6) is -2.53. The number of hydrogen-bond donors (Lipinski definition) is 1. The zero-order valence-electron chi connectivity index (χ0n) is 29.4. The van der Waals surface area contributed by atoms with E-state index in [4.69, 9.17) is 9.47 Å². The normalized spacial score (nSPS) is 24.8. The number of carbonyl (C=O) groups excluding carboxylic acids is 4. The van der Waals surface area contributed by atoms with E-state index in [-0.39, 0.29) is 55.1 Å². The fraction of sp³-hybridized carbons (Fsp3) is 0.486. The number of nitrogens with zero attached hydrogens (tertiary/aromatic N) is 6. The van der Waals surface area contributed by atoms with Gasteiger partial charge in [0.05, 0.1) is 27.9 Å². The molecule has 6 rings (SSSR count). The summed E-state index contributed by atoms with van der Waals surface area (Å²) in [6, 6.07) is 9.78. The standard InChI is InChI=1S/C35H40N6O11S/c1-20-29-28(21(2)42)33(44)39(29)30(34(45)51-18-22-4-8-24(9-5-22)40(47)48)31(20)53-26-16-27(32(43)37-14-12-36(3)13-15-37)38(17-26)35(46)52-19-23-6-10-25(11-7-23)41(49)50/h4-11,20-21,26-29,42H,12-19H2,1-3H3/t20-,21?,26+,27+,28-,29-/m1/s1. The Balaban J connectivity index is 1.23. The quantitative estimate of drug-likeness (QED) is 0.152. The summed E-state index contributed by atoms with van der Waals surface area (Å²) in [5, 5.41) is 32.2. The molecule has 3 fully saturated rings. The molecule has 18 heteroatoms. The van der Waals surface area contributed by atoms with Crippen molar-refractivity contribution in [3.05, 3.63) is 90.5 Å². The van der Waals surface area contributed by atoms with Crippen LogP contribution < -0.4 is 0 Å². The van der Waals surface area contributed by atoms with Crippen molar-refractivity contribution in [1.29, 1.82) is 0 Å². The number of amides is 3. The van der Waals surface area contributed by atoms with Crippen LogP contribution in [0.1, 0.15) is 31.4 Å². The van der Waals surface area contributed by atoms with Crippen LogP contribution in [0.15, 0.2) is 59.1 Å². The summed E-state index contributed by atoms with van der Waals surface area (Å²) < 4.78 is 11.2. The number of likely N-dealkylation sites (tertiary alicyclic amines) is 1. The Morgan fingerprint density at radius 1 is 0.925 bits per heavy atom. The predicted octanol–water partition coefficient (Wildman–Crippen LogP) is 2.90. The van der Waals surface area contributed by atoms with E-state index in [2.05, 4.69) is 4.90 Å². The van der Waals surface area contributed by atoms with Gasteiger partial charge < -0.3 is 29.3 Å². The average molecular weight is 753 g/mol. The summed E-state index contributed by atoms with van der Waals surface area (Å²) in [4.78, 5) is 82.8. The van der Waals surface area contributed by atoms with Crippen molar-refractivity contribution >= 4 is 47.0 Å². The second-order valence-electron chi connectivity index (χ2n) is 13.7. The van der Waals surface area contributed by atoms with Crippen LogP contribution in [-0.4, -0.2) is 122 Å². The molecular weight excluding hydrogens is 712 g/mol. The molecule has 2 aromatic rings. The molecule has 4 aliphatic rings. The van der Waals surface area contributed by atoms with Crippen molar-refractivity contribution < 1.29 is 43.6 Å². The first-order chi connectivity index (χ1) is 25.2. The maximum absolute atomic E-state index is 14.0. The molecule has 282 valence electrons. The SMILES string of the molecule is CC(O)[C@H]1C(=O)N2C(C(=O)OCc3ccc([N+](=O)[O-])cc3)=C(S[C@H]3C[C@@H](C(=O)N4CCN(C)CC4)N(C(=O)OCc4ccc([N+](=O)[O-])cc4)C3)[C@H](C)[C@H]12. The van der Waals surface area contributed by atoms with E-state index < -0.39 is 57.2 Å². The van der Waals surface area contributed by atoms with E-state index >= 15 is 0 Å². The third kappa shape index (κ3) is 7.70. The lowest BCUT2D eigenvalue weighted by atomic mass is 9.79.